The van der Waals surface area contributed by atoms with Gasteiger partial charge in [-0.15, -0.1) is 0 Å². The molecule has 182 valence electrons. The number of likely N-dealkylation sites (tertiary alicyclic amines) is 1. The number of carbonyl (C=O) groups excluding carboxylic acids is 4. The lowest BCUT2D eigenvalue weighted by Crippen LogP contribution is -2.56. The summed E-state index contributed by atoms with van der Waals surface area (Å²) >= 11 is 0. The summed E-state index contributed by atoms with van der Waals surface area (Å²) < 4.78 is 0. The van der Waals surface area contributed by atoms with Crippen molar-refractivity contribution in [1.82, 2.24) is 20.5 Å². The van der Waals surface area contributed by atoms with Crippen molar-refractivity contribution in [3.05, 3.63) is 36.0 Å². The summed E-state index contributed by atoms with van der Waals surface area (Å²) in [6, 6.07) is 3.88. The number of primary amides is 1. The van der Waals surface area contributed by atoms with Gasteiger partial charge >= 0.3 is 5.97 Å². The quantitative estimate of drug-likeness (QED) is 0.244. The number of para-hydroxylation sites is 1. The van der Waals surface area contributed by atoms with Gasteiger partial charge in [0.05, 0.1) is 13.0 Å². The second-order valence-corrected chi connectivity index (χ2v) is 8.14. The van der Waals surface area contributed by atoms with E-state index < -0.39 is 48.2 Å². The van der Waals surface area contributed by atoms with E-state index in [4.69, 9.17) is 11.5 Å². The number of carbonyl (C=O) groups is 5. The summed E-state index contributed by atoms with van der Waals surface area (Å²) in [5.41, 5.74) is 12.1. The van der Waals surface area contributed by atoms with Crippen LogP contribution in [0.5, 0.6) is 0 Å². The number of carboxylic acids is 1. The number of H-pyrrole nitrogens is 1. The van der Waals surface area contributed by atoms with Crippen molar-refractivity contribution in [1.29, 1.82) is 0 Å². The van der Waals surface area contributed by atoms with Crippen LogP contribution in [0.4, 0.5) is 0 Å². The molecule has 3 unspecified atom stereocenters. The minimum atomic E-state index is -1.55. The highest BCUT2D eigenvalue weighted by Gasteiger charge is 2.36. The lowest BCUT2D eigenvalue weighted by atomic mass is 10.0. The number of nitrogens with two attached hydrogens (primary N) is 2. The third kappa shape index (κ3) is 5.70. The number of fused-ring (bicyclic) bond motifs is 1. The number of aromatic nitrogens is 1. The second-order valence-electron chi connectivity index (χ2n) is 8.14. The molecule has 1 aliphatic heterocycles. The van der Waals surface area contributed by atoms with E-state index >= 15 is 0 Å². The van der Waals surface area contributed by atoms with Crippen molar-refractivity contribution < 1.29 is 29.1 Å². The molecule has 2 aromatic rings. The van der Waals surface area contributed by atoms with Crippen molar-refractivity contribution in [2.45, 2.75) is 43.8 Å². The number of rotatable bonds is 10. The maximum Gasteiger partial charge on any atom is 0.326 e. The van der Waals surface area contributed by atoms with Gasteiger partial charge in [-0.25, -0.2) is 4.79 Å². The highest BCUT2D eigenvalue weighted by Crippen LogP contribution is 2.21. The monoisotopic (exact) mass is 472 g/mol. The van der Waals surface area contributed by atoms with Crippen LogP contribution in [0, 0.1) is 0 Å². The first-order valence-corrected chi connectivity index (χ1v) is 10.9. The van der Waals surface area contributed by atoms with E-state index in [0.29, 0.717) is 19.4 Å². The molecule has 1 saturated heterocycles. The maximum atomic E-state index is 13.1. The Hall–Kier alpha value is -3.93. The van der Waals surface area contributed by atoms with E-state index in [0.717, 1.165) is 16.5 Å². The van der Waals surface area contributed by atoms with Crippen molar-refractivity contribution in [3.63, 3.8) is 0 Å². The van der Waals surface area contributed by atoms with Crippen LogP contribution < -0.4 is 22.1 Å². The van der Waals surface area contributed by atoms with E-state index in [-0.39, 0.29) is 18.9 Å². The zero-order chi connectivity index (χ0) is 24.8. The van der Waals surface area contributed by atoms with Crippen molar-refractivity contribution in [2.24, 2.45) is 11.5 Å². The molecule has 0 saturated carbocycles. The van der Waals surface area contributed by atoms with E-state index in [1.165, 1.54) is 4.90 Å². The molecule has 3 atom stereocenters. The van der Waals surface area contributed by atoms with Gasteiger partial charge in [0, 0.05) is 30.1 Å². The van der Waals surface area contributed by atoms with Crippen LogP contribution >= 0.6 is 0 Å². The summed E-state index contributed by atoms with van der Waals surface area (Å²) in [7, 11) is 0. The molecule has 3 rings (SSSR count). The topological polar surface area (TPSA) is 201 Å². The normalized spacial score (nSPS) is 17.2. The average Bonchev–Trinajstić information content (AvgIpc) is 3.45. The Balaban J connectivity index is 1.84. The lowest BCUT2D eigenvalue weighted by molar-refractivity contribution is -0.144. The van der Waals surface area contributed by atoms with Gasteiger partial charge in [-0.3, -0.25) is 19.2 Å². The predicted molar refractivity (Wildman–Crippen MR) is 121 cm³/mol. The maximum absolute atomic E-state index is 13.1. The smallest absolute Gasteiger partial charge is 0.326 e. The number of hydrogen-bond acceptors (Lipinski definition) is 6. The third-order valence-corrected chi connectivity index (χ3v) is 5.80. The van der Waals surface area contributed by atoms with Gasteiger partial charge in [0.2, 0.25) is 23.6 Å². The van der Waals surface area contributed by atoms with Gasteiger partial charge < -0.3 is 37.1 Å². The summed E-state index contributed by atoms with van der Waals surface area (Å²) in [6.07, 6.45) is 2.18. The number of nitrogens with zero attached hydrogens (tertiary/aromatic N) is 1. The molecule has 34 heavy (non-hydrogen) atoms. The molecule has 1 aromatic carbocycles. The van der Waals surface area contributed by atoms with Gasteiger partial charge in [-0.1, -0.05) is 18.2 Å². The fourth-order valence-electron chi connectivity index (χ4n) is 4.13. The summed E-state index contributed by atoms with van der Waals surface area (Å²) in [4.78, 5) is 65.4. The zero-order valence-electron chi connectivity index (χ0n) is 18.5. The summed E-state index contributed by atoms with van der Waals surface area (Å²) in [5.74, 6) is -4.03. The zero-order valence-corrected chi connectivity index (χ0v) is 18.5. The van der Waals surface area contributed by atoms with Crippen LogP contribution in [0.2, 0.25) is 0 Å². The van der Waals surface area contributed by atoms with Crippen molar-refractivity contribution in [3.8, 4) is 0 Å². The van der Waals surface area contributed by atoms with Gasteiger partial charge in [0.1, 0.15) is 18.1 Å². The minimum Gasteiger partial charge on any atom is -0.480 e. The standard InChI is InChI=1S/C22H28N6O6/c23-10-19(30)28-7-3-6-17(28)21(32)26-15(20(31)27-16(22(33)34)9-18(24)29)8-12-11-25-14-5-2-1-4-13(12)14/h1-2,4-5,11,15-17,25H,3,6-10,23H2,(H2,24,29)(H,26,32)(H,27,31)(H,33,34). The molecule has 2 heterocycles. The number of carboxylic acid groups (broad SMARTS) is 1. The molecule has 0 aliphatic carbocycles. The first-order chi connectivity index (χ1) is 16.2. The summed E-state index contributed by atoms with van der Waals surface area (Å²) in [6.45, 7) is 0.142. The average molecular weight is 473 g/mol. The second kappa shape index (κ2) is 10.8. The number of hydrogen-bond donors (Lipinski definition) is 6. The van der Waals surface area contributed by atoms with E-state index in [1.807, 2.05) is 24.3 Å². The molecule has 0 radical (unpaired) electrons. The Labute approximate surface area is 195 Å². The Kier molecular flexibility index (Phi) is 7.84. The molecule has 1 aromatic heterocycles. The lowest BCUT2D eigenvalue weighted by Gasteiger charge is -2.26. The largest absolute Gasteiger partial charge is 0.480 e. The molecule has 1 aliphatic rings. The van der Waals surface area contributed by atoms with Crippen molar-refractivity contribution in [2.75, 3.05) is 13.1 Å². The molecule has 12 nitrogen and oxygen atoms in total. The Morgan fingerprint density at radius 1 is 1.15 bits per heavy atom. The van der Waals surface area contributed by atoms with Crippen LogP contribution in [0.3, 0.4) is 0 Å². The van der Waals surface area contributed by atoms with Gasteiger partial charge in [0.15, 0.2) is 0 Å². The highest BCUT2D eigenvalue weighted by atomic mass is 16.4. The fourth-order valence-corrected chi connectivity index (χ4v) is 4.13. The summed E-state index contributed by atoms with van der Waals surface area (Å²) in [5, 5.41) is 15.1. The molecular weight excluding hydrogens is 444 g/mol. The molecule has 12 heteroatoms. The van der Waals surface area contributed by atoms with Crippen LogP contribution in [-0.2, 0) is 30.4 Å². The van der Waals surface area contributed by atoms with E-state index in [1.54, 1.807) is 6.20 Å². The first kappa shape index (κ1) is 24.7. The molecule has 8 N–H and O–H groups in total. The Morgan fingerprint density at radius 3 is 2.56 bits per heavy atom. The number of aromatic amines is 1. The molecule has 0 bridgehead atoms. The SMILES string of the molecule is NCC(=O)N1CCCC1C(=O)NC(Cc1c[nH]c2ccccc12)C(=O)NC(CC(N)=O)C(=O)O. The van der Waals surface area contributed by atoms with Gasteiger partial charge in [-0.05, 0) is 24.5 Å². The first-order valence-electron chi connectivity index (χ1n) is 10.9. The van der Waals surface area contributed by atoms with Crippen LogP contribution in [-0.4, -0.2) is 75.8 Å². The highest BCUT2D eigenvalue weighted by molar-refractivity contribution is 5.95. The number of aliphatic carboxylic acids is 1. The molecule has 4 amide bonds. The molecule has 1 fully saturated rings. The number of benzene rings is 1. The fraction of sp³-hybridized carbons (Fsp3) is 0.409. The van der Waals surface area contributed by atoms with Crippen LogP contribution in [0.15, 0.2) is 30.5 Å². The Morgan fingerprint density at radius 2 is 1.88 bits per heavy atom. The number of amides is 4. The third-order valence-electron chi connectivity index (χ3n) is 5.80. The minimum absolute atomic E-state index is 0.0437. The Bertz CT molecular complexity index is 1100. The molecule has 0 spiro atoms. The number of nitrogens with one attached hydrogen (secondary N) is 3. The molecular formula is C22H28N6O6. The van der Waals surface area contributed by atoms with Crippen LogP contribution in [0.25, 0.3) is 10.9 Å². The van der Waals surface area contributed by atoms with Gasteiger partial charge in [-0.2, -0.15) is 0 Å². The van der Waals surface area contributed by atoms with Gasteiger partial charge in [0.25, 0.3) is 0 Å². The van der Waals surface area contributed by atoms with E-state index in [2.05, 4.69) is 15.6 Å². The van der Waals surface area contributed by atoms with Crippen LogP contribution in [0.1, 0.15) is 24.8 Å². The van der Waals surface area contributed by atoms with E-state index in [9.17, 15) is 29.1 Å². The van der Waals surface area contributed by atoms with Crippen molar-refractivity contribution >= 4 is 40.5 Å². The predicted octanol–water partition coefficient (Wildman–Crippen LogP) is -1.41.